The number of nitrogens with zero attached hydrogens (tertiary/aromatic N) is 3. The van der Waals surface area contributed by atoms with Crippen molar-refractivity contribution in [2.24, 2.45) is 5.92 Å². The molecule has 1 unspecified atom stereocenters. The molecule has 0 aromatic carbocycles. The molecule has 1 heterocycles. The molecule has 21 heavy (non-hydrogen) atoms. The van der Waals surface area contributed by atoms with Crippen molar-refractivity contribution in [1.29, 1.82) is 0 Å². The third-order valence-electron chi connectivity index (χ3n) is 3.95. The summed E-state index contributed by atoms with van der Waals surface area (Å²) in [6.07, 6.45) is 4.57. The average Bonchev–Trinajstić information content (AvgIpc) is 3.16. The van der Waals surface area contributed by atoms with Crippen LogP contribution in [-0.2, 0) is 6.54 Å². The van der Waals surface area contributed by atoms with E-state index in [0.29, 0.717) is 17.9 Å². The summed E-state index contributed by atoms with van der Waals surface area (Å²) in [6.45, 7) is 4.94. The van der Waals surface area contributed by atoms with Crippen LogP contribution in [0.25, 0.3) is 0 Å². The third kappa shape index (κ3) is 4.50. The van der Waals surface area contributed by atoms with Crippen LogP contribution in [0.4, 0.5) is 5.69 Å². The molecule has 0 amide bonds. The van der Waals surface area contributed by atoms with Crippen molar-refractivity contribution in [3.05, 3.63) is 21.5 Å². The van der Waals surface area contributed by atoms with Gasteiger partial charge in [0.2, 0.25) is 0 Å². The lowest BCUT2D eigenvalue weighted by atomic mass is 10.2. The van der Waals surface area contributed by atoms with E-state index in [9.17, 15) is 15.2 Å². The first-order valence-electron chi connectivity index (χ1n) is 7.56. The zero-order chi connectivity index (χ0) is 15.4. The molecule has 1 fully saturated rings. The van der Waals surface area contributed by atoms with Crippen LogP contribution < -0.4 is 5.32 Å². The minimum Gasteiger partial charge on any atom is -0.390 e. The molecule has 0 aliphatic heterocycles. The molecule has 1 saturated carbocycles. The van der Waals surface area contributed by atoms with Gasteiger partial charge in [-0.15, -0.1) is 0 Å². The molecule has 1 aromatic heterocycles. The van der Waals surface area contributed by atoms with Crippen LogP contribution in [0.2, 0.25) is 0 Å². The Morgan fingerprint density at radius 2 is 2.24 bits per heavy atom. The Bertz CT molecular complexity index is 497. The Balaban J connectivity index is 1.75. The molecule has 0 saturated heterocycles. The highest BCUT2D eigenvalue weighted by Crippen LogP contribution is 2.33. The van der Waals surface area contributed by atoms with E-state index in [4.69, 9.17) is 0 Å². The Morgan fingerprint density at radius 3 is 2.81 bits per heavy atom. The second kappa shape index (κ2) is 7.00. The normalized spacial score (nSPS) is 16.1. The fourth-order valence-corrected chi connectivity index (χ4v) is 2.58. The van der Waals surface area contributed by atoms with E-state index in [1.807, 2.05) is 0 Å². The Morgan fingerprint density at radius 1 is 1.52 bits per heavy atom. The number of aromatic nitrogens is 2. The maximum absolute atomic E-state index is 10.9. The van der Waals surface area contributed by atoms with Crippen LogP contribution in [0.15, 0.2) is 0 Å². The lowest BCUT2D eigenvalue weighted by Gasteiger charge is -2.12. The van der Waals surface area contributed by atoms with E-state index >= 15 is 0 Å². The monoisotopic (exact) mass is 296 g/mol. The van der Waals surface area contributed by atoms with Gasteiger partial charge in [-0.25, -0.2) is 0 Å². The number of aliphatic hydroxyl groups is 1. The van der Waals surface area contributed by atoms with Gasteiger partial charge in [0.25, 0.3) is 0 Å². The maximum atomic E-state index is 10.9. The number of hydrogen-bond donors (Lipinski definition) is 2. The summed E-state index contributed by atoms with van der Waals surface area (Å²) in [5.41, 5.74) is 0.923. The van der Waals surface area contributed by atoms with Crippen LogP contribution in [0, 0.1) is 29.9 Å². The highest BCUT2D eigenvalue weighted by atomic mass is 16.6. The Hall–Kier alpha value is -1.47. The first-order chi connectivity index (χ1) is 9.99. The fourth-order valence-electron chi connectivity index (χ4n) is 2.58. The van der Waals surface area contributed by atoms with Crippen molar-refractivity contribution < 1.29 is 10.0 Å². The topological polar surface area (TPSA) is 93.2 Å². The van der Waals surface area contributed by atoms with Crippen molar-refractivity contribution in [2.75, 3.05) is 13.1 Å². The second-order valence-electron chi connectivity index (χ2n) is 5.90. The van der Waals surface area contributed by atoms with Gasteiger partial charge < -0.3 is 10.4 Å². The third-order valence-corrected chi connectivity index (χ3v) is 3.95. The van der Waals surface area contributed by atoms with Gasteiger partial charge in [-0.05, 0) is 39.2 Å². The van der Waals surface area contributed by atoms with Gasteiger partial charge in [0, 0.05) is 6.54 Å². The number of aryl methyl sites for hydroxylation is 1. The largest absolute Gasteiger partial charge is 0.390 e. The van der Waals surface area contributed by atoms with Gasteiger partial charge in [0.15, 0.2) is 0 Å². The van der Waals surface area contributed by atoms with E-state index in [1.54, 1.807) is 13.8 Å². The molecular formula is C14H24N4O3. The molecule has 0 bridgehead atoms. The Labute approximate surface area is 124 Å². The zero-order valence-corrected chi connectivity index (χ0v) is 12.7. The van der Waals surface area contributed by atoms with Crippen LogP contribution in [0.3, 0.4) is 0 Å². The molecule has 2 N–H and O–H groups in total. The smallest absolute Gasteiger partial charge is 0.312 e. The number of nitrogens with one attached hydrogen (secondary N) is 1. The molecule has 0 spiro atoms. The number of nitro groups is 1. The lowest BCUT2D eigenvalue weighted by molar-refractivity contribution is -0.386. The summed E-state index contributed by atoms with van der Waals surface area (Å²) < 4.78 is 1.52. The highest BCUT2D eigenvalue weighted by molar-refractivity contribution is 5.39. The summed E-state index contributed by atoms with van der Waals surface area (Å²) in [6, 6.07) is 0. The molecule has 1 aromatic rings. The molecular weight excluding hydrogens is 272 g/mol. The summed E-state index contributed by atoms with van der Waals surface area (Å²) in [7, 11) is 0. The van der Waals surface area contributed by atoms with Crippen molar-refractivity contribution in [3.8, 4) is 0 Å². The van der Waals surface area contributed by atoms with Gasteiger partial charge in [-0.1, -0.05) is 12.8 Å². The second-order valence-corrected chi connectivity index (χ2v) is 5.90. The summed E-state index contributed by atoms with van der Waals surface area (Å²) >= 11 is 0. The lowest BCUT2D eigenvalue weighted by Crippen LogP contribution is -2.31. The van der Waals surface area contributed by atoms with Crippen molar-refractivity contribution in [3.63, 3.8) is 0 Å². The van der Waals surface area contributed by atoms with Crippen LogP contribution in [0.5, 0.6) is 0 Å². The van der Waals surface area contributed by atoms with Gasteiger partial charge in [0.1, 0.15) is 11.4 Å². The van der Waals surface area contributed by atoms with E-state index in [0.717, 1.165) is 18.9 Å². The van der Waals surface area contributed by atoms with E-state index in [-0.39, 0.29) is 12.2 Å². The van der Waals surface area contributed by atoms with Gasteiger partial charge in [-0.3, -0.25) is 14.8 Å². The Kier molecular flexibility index (Phi) is 5.30. The van der Waals surface area contributed by atoms with Crippen LogP contribution in [-0.4, -0.2) is 39.0 Å². The van der Waals surface area contributed by atoms with E-state index in [2.05, 4.69) is 10.4 Å². The molecule has 118 valence electrons. The predicted octanol–water partition coefficient (Wildman–Crippen LogP) is 1.55. The molecule has 1 aliphatic carbocycles. The van der Waals surface area contributed by atoms with Crippen LogP contribution in [0.1, 0.15) is 37.1 Å². The molecule has 1 atom stereocenters. The number of rotatable bonds is 9. The van der Waals surface area contributed by atoms with Gasteiger partial charge >= 0.3 is 5.69 Å². The van der Waals surface area contributed by atoms with E-state index < -0.39 is 11.0 Å². The fraction of sp³-hybridized carbons (Fsp3) is 0.786. The molecule has 1 aliphatic rings. The molecule has 7 heteroatoms. The number of aliphatic hydroxyl groups excluding tert-OH is 1. The molecule has 2 rings (SSSR count). The van der Waals surface area contributed by atoms with Gasteiger partial charge in [-0.2, -0.15) is 5.10 Å². The standard InChI is InChI=1S/C14H24N4O3/c1-10-14(18(20)21)11(2)17(16-10)9-13(19)8-15-7-3-4-12-5-6-12/h12-13,15,19H,3-9H2,1-2H3. The van der Waals surface area contributed by atoms with Gasteiger partial charge in [0.05, 0.1) is 17.6 Å². The minimum absolute atomic E-state index is 0.0413. The average molecular weight is 296 g/mol. The van der Waals surface area contributed by atoms with Crippen LogP contribution >= 0.6 is 0 Å². The van der Waals surface area contributed by atoms with Crippen molar-refractivity contribution >= 4 is 5.69 Å². The minimum atomic E-state index is -0.594. The maximum Gasteiger partial charge on any atom is 0.312 e. The summed E-state index contributed by atoms with van der Waals surface area (Å²) in [5, 5.41) is 28.3. The number of hydrogen-bond acceptors (Lipinski definition) is 5. The summed E-state index contributed by atoms with van der Waals surface area (Å²) in [5.74, 6) is 0.937. The first kappa shape index (κ1) is 15.9. The highest BCUT2D eigenvalue weighted by Gasteiger charge is 2.23. The first-order valence-corrected chi connectivity index (χ1v) is 7.56. The summed E-state index contributed by atoms with van der Waals surface area (Å²) in [4.78, 5) is 10.5. The van der Waals surface area contributed by atoms with Crippen molar-refractivity contribution in [2.45, 2.75) is 52.2 Å². The molecule has 7 nitrogen and oxygen atoms in total. The quantitative estimate of drug-likeness (QED) is 0.410. The molecule has 0 radical (unpaired) electrons. The predicted molar refractivity (Wildman–Crippen MR) is 79.2 cm³/mol. The van der Waals surface area contributed by atoms with E-state index in [1.165, 1.54) is 23.9 Å². The SMILES string of the molecule is Cc1nn(CC(O)CNCCCC2CC2)c(C)c1[N+](=O)[O-]. The zero-order valence-electron chi connectivity index (χ0n) is 12.7. The van der Waals surface area contributed by atoms with Crippen molar-refractivity contribution in [1.82, 2.24) is 15.1 Å².